The number of carbonyl (C=O) groups excluding carboxylic acids is 1. The molecule has 1 saturated heterocycles. The van der Waals surface area contributed by atoms with Crippen LogP contribution in [0.15, 0.2) is 78.9 Å². The SMILES string of the molecule is O=C1CN(Cc2ccccc2)C23c4ccccc4C(CC12)c1ccccc13. The molecular formula is C25H21NO. The lowest BCUT2D eigenvalue weighted by Crippen LogP contribution is -2.53. The molecule has 0 amide bonds. The first kappa shape index (κ1) is 15.4. The standard InChI is InChI=1S/C25H21NO/c27-24-16-26(15-17-8-2-1-3-9-17)25-21-12-6-4-10-18(21)20(14-23(24)25)19-11-5-7-13-22(19)25/h1-13,20,23H,14-16H2. The summed E-state index contributed by atoms with van der Waals surface area (Å²) in [7, 11) is 0. The minimum Gasteiger partial charge on any atom is -0.298 e. The van der Waals surface area contributed by atoms with E-state index < -0.39 is 0 Å². The molecule has 3 aromatic carbocycles. The molecule has 1 atom stereocenters. The zero-order chi connectivity index (χ0) is 18.0. The highest BCUT2D eigenvalue weighted by Crippen LogP contribution is 2.62. The highest BCUT2D eigenvalue weighted by molar-refractivity contribution is 5.90. The van der Waals surface area contributed by atoms with Crippen molar-refractivity contribution >= 4 is 5.78 Å². The second kappa shape index (κ2) is 5.40. The molecule has 1 fully saturated rings. The Bertz CT molecular complexity index is 1010. The van der Waals surface area contributed by atoms with E-state index >= 15 is 0 Å². The maximum atomic E-state index is 13.2. The van der Waals surface area contributed by atoms with Crippen LogP contribution < -0.4 is 0 Å². The Labute approximate surface area is 159 Å². The number of hydrogen-bond donors (Lipinski definition) is 0. The minimum atomic E-state index is -0.311. The lowest BCUT2D eigenvalue weighted by Gasteiger charge is -2.54. The summed E-state index contributed by atoms with van der Waals surface area (Å²) in [4.78, 5) is 15.6. The molecule has 1 aliphatic heterocycles. The fraction of sp³-hybridized carbons (Fsp3) is 0.240. The van der Waals surface area contributed by atoms with Gasteiger partial charge in [0, 0.05) is 18.4 Å². The van der Waals surface area contributed by atoms with Crippen LogP contribution in [0.4, 0.5) is 0 Å². The molecule has 7 rings (SSSR count). The van der Waals surface area contributed by atoms with Gasteiger partial charge >= 0.3 is 0 Å². The van der Waals surface area contributed by atoms with E-state index in [1.807, 2.05) is 0 Å². The molecule has 4 aliphatic rings. The number of rotatable bonds is 2. The van der Waals surface area contributed by atoms with Crippen molar-refractivity contribution in [3.63, 3.8) is 0 Å². The van der Waals surface area contributed by atoms with E-state index in [4.69, 9.17) is 0 Å². The normalized spacial score (nSPS) is 27.9. The lowest BCUT2D eigenvalue weighted by molar-refractivity contribution is -0.121. The van der Waals surface area contributed by atoms with Crippen LogP contribution in [0.1, 0.15) is 40.2 Å². The van der Waals surface area contributed by atoms with Crippen molar-refractivity contribution in [1.29, 1.82) is 0 Å². The molecule has 1 unspecified atom stereocenters. The maximum absolute atomic E-state index is 13.2. The molecular weight excluding hydrogens is 330 g/mol. The van der Waals surface area contributed by atoms with E-state index in [1.54, 1.807) is 0 Å². The van der Waals surface area contributed by atoms with Gasteiger partial charge in [0.25, 0.3) is 0 Å². The van der Waals surface area contributed by atoms with Gasteiger partial charge in [-0.05, 0) is 34.2 Å². The van der Waals surface area contributed by atoms with Crippen molar-refractivity contribution in [3.8, 4) is 0 Å². The number of ketones is 1. The van der Waals surface area contributed by atoms with Gasteiger partial charge in [0.05, 0.1) is 12.1 Å². The Morgan fingerprint density at radius 1 is 0.815 bits per heavy atom. The molecule has 2 heteroatoms. The Hall–Kier alpha value is -2.71. The molecule has 0 radical (unpaired) electrons. The largest absolute Gasteiger partial charge is 0.298 e. The Balaban J connectivity index is 1.62. The highest BCUT2D eigenvalue weighted by Gasteiger charge is 2.62. The molecule has 3 aliphatic carbocycles. The van der Waals surface area contributed by atoms with Crippen LogP contribution in [-0.4, -0.2) is 17.2 Å². The average Bonchev–Trinajstić information content (AvgIpc) is 3.02. The van der Waals surface area contributed by atoms with Gasteiger partial charge in [0.1, 0.15) is 0 Å². The van der Waals surface area contributed by atoms with Crippen molar-refractivity contribution in [2.75, 3.05) is 6.54 Å². The number of carbonyl (C=O) groups is 1. The molecule has 132 valence electrons. The van der Waals surface area contributed by atoms with Gasteiger partial charge in [-0.25, -0.2) is 0 Å². The first-order chi connectivity index (χ1) is 13.3. The van der Waals surface area contributed by atoms with Crippen molar-refractivity contribution in [3.05, 3.63) is 107 Å². The van der Waals surface area contributed by atoms with Crippen LogP contribution in [0.3, 0.4) is 0 Å². The van der Waals surface area contributed by atoms with Crippen LogP contribution in [0, 0.1) is 5.92 Å². The number of hydrogen-bond acceptors (Lipinski definition) is 2. The second-order valence-electron chi connectivity index (χ2n) is 8.09. The van der Waals surface area contributed by atoms with E-state index in [9.17, 15) is 4.79 Å². The third-order valence-corrected chi connectivity index (χ3v) is 6.92. The van der Waals surface area contributed by atoms with Crippen LogP contribution in [0.2, 0.25) is 0 Å². The second-order valence-corrected chi connectivity index (χ2v) is 8.09. The van der Waals surface area contributed by atoms with Gasteiger partial charge in [-0.2, -0.15) is 0 Å². The van der Waals surface area contributed by atoms with Gasteiger partial charge < -0.3 is 0 Å². The summed E-state index contributed by atoms with van der Waals surface area (Å²) in [5.41, 5.74) is 6.50. The monoisotopic (exact) mass is 351 g/mol. The van der Waals surface area contributed by atoms with Gasteiger partial charge in [0.2, 0.25) is 0 Å². The first-order valence-corrected chi connectivity index (χ1v) is 9.80. The van der Waals surface area contributed by atoms with Crippen LogP contribution in [0.25, 0.3) is 0 Å². The van der Waals surface area contributed by atoms with Crippen molar-refractivity contribution < 1.29 is 4.79 Å². The van der Waals surface area contributed by atoms with E-state index in [2.05, 4.69) is 83.8 Å². The number of likely N-dealkylation sites (tertiary alicyclic amines) is 1. The zero-order valence-electron chi connectivity index (χ0n) is 15.1. The van der Waals surface area contributed by atoms with Gasteiger partial charge in [-0.3, -0.25) is 9.69 Å². The Morgan fingerprint density at radius 2 is 1.41 bits per heavy atom. The fourth-order valence-corrected chi connectivity index (χ4v) is 5.98. The minimum absolute atomic E-state index is 0.0658. The van der Waals surface area contributed by atoms with Crippen LogP contribution in [-0.2, 0) is 16.9 Å². The smallest absolute Gasteiger partial charge is 0.152 e. The van der Waals surface area contributed by atoms with Crippen molar-refractivity contribution in [1.82, 2.24) is 4.90 Å². The van der Waals surface area contributed by atoms with Crippen molar-refractivity contribution in [2.24, 2.45) is 5.92 Å². The third-order valence-electron chi connectivity index (χ3n) is 6.92. The number of nitrogens with zero attached hydrogens (tertiary/aromatic N) is 1. The molecule has 2 nitrogen and oxygen atoms in total. The maximum Gasteiger partial charge on any atom is 0.152 e. The Morgan fingerprint density at radius 3 is 2.07 bits per heavy atom. The van der Waals surface area contributed by atoms with Gasteiger partial charge in [-0.15, -0.1) is 0 Å². The molecule has 3 aromatic rings. The first-order valence-electron chi connectivity index (χ1n) is 9.80. The summed E-state index contributed by atoms with van der Waals surface area (Å²) >= 11 is 0. The Kier molecular flexibility index (Phi) is 3.07. The van der Waals surface area contributed by atoms with E-state index in [0.29, 0.717) is 18.2 Å². The molecule has 0 aromatic heterocycles. The number of benzene rings is 3. The average molecular weight is 351 g/mol. The van der Waals surface area contributed by atoms with Crippen LogP contribution in [0.5, 0.6) is 0 Å². The van der Waals surface area contributed by atoms with Crippen molar-refractivity contribution in [2.45, 2.75) is 24.4 Å². The molecule has 0 N–H and O–H groups in total. The molecule has 27 heavy (non-hydrogen) atoms. The predicted molar refractivity (Wildman–Crippen MR) is 105 cm³/mol. The third kappa shape index (κ3) is 1.86. The fourth-order valence-electron chi connectivity index (χ4n) is 5.98. The molecule has 2 bridgehead atoms. The zero-order valence-corrected chi connectivity index (χ0v) is 15.1. The summed E-state index contributed by atoms with van der Waals surface area (Å²) in [6.07, 6.45) is 0.943. The quantitative estimate of drug-likeness (QED) is 0.678. The summed E-state index contributed by atoms with van der Waals surface area (Å²) in [6.45, 7) is 1.34. The predicted octanol–water partition coefficient (Wildman–Crippen LogP) is 4.48. The summed E-state index contributed by atoms with van der Waals surface area (Å²) < 4.78 is 0. The molecule has 0 saturated carbocycles. The van der Waals surface area contributed by atoms with Crippen LogP contribution >= 0.6 is 0 Å². The molecule has 1 heterocycles. The van der Waals surface area contributed by atoms with Gasteiger partial charge in [0.15, 0.2) is 5.78 Å². The lowest BCUT2D eigenvalue weighted by atomic mass is 9.55. The highest BCUT2D eigenvalue weighted by atomic mass is 16.1. The summed E-state index contributed by atoms with van der Waals surface area (Å²) in [6, 6.07) is 28.2. The summed E-state index contributed by atoms with van der Waals surface area (Å²) in [5, 5.41) is 0. The summed E-state index contributed by atoms with van der Waals surface area (Å²) in [5.74, 6) is 0.820. The van der Waals surface area contributed by atoms with Gasteiger partial charge in [-0.1, -0.05) is 78.9 Å². The molecule has 1 spiro atoms. The van der Waals surface area contributed by atoms with E-state index in [1.165, 1.54) is 27.8 Å². The van der Waals surface area contributed by atoms with E-state index in [-0.39, 0.29) is 11.5 Å². The topological polar surface area (TPSA) is 20.3 Å². The number of Topliss-reactive ketones (excluding diaryl/α,β-unsaturated/α-hetero) is 1. The van der Waals surface area contributed by atoms with E-state index in [0.717, 1.165) is 13.0 Å².